The number of carbonyl (C=O) groups is 1. The first-order valence-electron chi connectivity index (χ1n) is 5.27. The van der Waals surface area contributed by atoms with E-state index in [1.165, 1.54) is 0 Å². The molecule has 1 aromatic heterocycles. The largest absolute Gasteiger partial charge is 0.466 e. The second kappa shape index (κ2) is 4.99. The highest BCUT2D eigenvalue weighted by Gasteiger charge is 2.13. The minimum Gasteiger partial charge on any atom is -0.466 e. The third-order valence-electron chi connectivity index (χ3n) is 2.44. The van der Waals surface area contributed by atoms with Gasteiger partial charge in [0.25, 0.3) is 0 Å². The summed E-state index contributed by atoms with van der Waals surface area (Å²) in [4.78, 5) is 11.2. The normalized spacial score (nSPS) is 12.8. The molecule has 0 saturated carbocycles. The van der Waals surface area contributed by atoms with Crippen LogP contribution in [0.1, 0.15) is 51.1 Å². The maximum atomic E-state index is 11.2. The highest BCUT2D eigenvalue weighted by atomic mass is 16.3. The van der Waals surface area contributed by atoms with Gasteiger partial charge in [-0.2, -0.15) is 0 Å². The van der Waals surface area contributed by atoms with Crippen molar-refractivity contribution in [2.45, 2.75) is 46.0 Å². The van der Waals surface area contributed by atoms with E-state index >= 15 is 0 Å². The highest BCUT2D eigenvalue weighted by Crippen LogP contribution is 2.22. The summed E-state index contributed by atoms with van der Waals surface area (Å²) in [5.41, 5.74) is 0. The van der Waals surface area contributed by atoms with Crippen molar-refractivity contribution in [3.63, 3.8) is 0 Å². The number of furan rings is 1. The van der Waals surface area contributed by atoms with E-state index < -0.39 is 0 Å². The molecule has 0 bridgehead atoms. The van der Waals surface area contributed by atoms with Crippen molar-refractivity contribution >= 4 is 5.78 Å². The Labute approximate surface area is 85.3 Å². The van der Waals surface area contributed by atoms with E-state index in [0.717, 1.165) is 17.9 Å². The van der Waals surface area contributed by atoms with E-state index in [-0.39, 0.29) is 5.92 Å². The molecule has 1 aromatic rings. The molecule has 2 heteroatoms. The molecule has 0 aliphatic rings. The average molecular weight is 194 g/mol. The van der Waals surface area contributed by atoms with Gasteiger partial charge in [0.1, 0.15) is 17.3 Å². The Bertz CT molecular complexity index is 299. The number of hydrogen-bond acceptors (Lipinski definition) is 2. The molecule has 2 nitrogen and oxygen atoms in total. The minimum atomic E-state index is 0.211. The first-order valence-corrected chi connectivity index (χ1v) is 5.27. The van der Waals surface area contributed by atoms with Crippen LogP contribution in [0, 0.1) is 0 Å². The van der Waals surface area contributed by atoms with Gasteiger partial charge >= 0.3 is 0 Å². The molecule has 0 unspecified atom stereocenters. The first kappa shape index (κ1) is 11.0. The monoisotopic (exact) mass is 194 g/mol. The predicted octanol–water partition coefficient (Wildman–Crippen LogP) is 3.31. The summed E-state index contributed by atoms with van der Waals surface area (Å²) >= 11 is 0. The summed E-state index contributed by atoms with van der Waals surface area (Å²) in [5.74, 6) is 2.44. The van der Waals surface area contributed by atoms with Crippen LogP contribution in [0.15, 0.2) is 16.5 Å². The number of hydrogen-bond donors (Lipinski definition) is 0. The predicted molar refractivity (Wildman–Crippen MR) is 56.4 cm³/mol. The molecular weight excluding hydrogens is 176 g/mol. The Morgan fingerprint density at radius 3 is 2.64 bits per heavy atom. The molecular formula is C12H18O2. The van der Waals surface area contributed by atoms with Gasteiger partial charge in [0, 0.05) is 25.2 Å². The molecule has 0 fully saturated rings. The van der Waals surface area contributed by atoms with Gasteiger partial charge in [0.05, 0.1) is 0 Å². The lowest BCUT2D eigenvalue weighted by atomic mass is 10.0. The molecule has 0 amide bonds. The third-order valence-corrected chi connectivity index (χ3v) is 2.44. The van der Waals surface area contributed by atoms with Crippen LogP contribution in [0.4, 0.5) is 0 Å². The van der Waals surface area contributed by atoms with E-state index in [9.17, 15) is 4.79 Å². The van der Waals surface area contributed by atoms with Gasteiger partial charge in [0.2, 0.25) is 0 Å². The maximum Gasteiger partial charge on any atom is 0.133 e. The minimum absolute atomic E-state index is 0.211. The molecule has 0 aliphatic carbocycles. The zero-order valence-electron chi connectivity index (χ0n) is 9.17. The van der Waals surface area contributed by atoms with Crippen molar-refractivity contribution in [3.05, 3.63) is 23.7 Å². The van der Waals surface area contributed by atoms with Crippen LogP contribution in [0.2, 0.25) is 0 Å². The van der Waals surface area contributed by atoms with Gasteiger partial charge in [-0.3, -0.25) is 4.79 Å². The van der Waals surface area contributed by atoms with Gasteiger partial charge in [-0.25, -0.2) is 0 Å². The molecule has 78 valence electrons. The molecule has 0 spiro atoms. The smallest absolute Gasteiger partial charge is 0.133 e. The van der Waals surface area contributed by atoms with E-state index in [1.807, 2.05) is 26.0 Å². The molecule has 0 radical (unpaired) electrons. The van der Waals surface area contributed by atoms with Crippen LogP contribution in [0.25, 0.3) is 0 Å². The van der Waals surface area contributed by atoms with E-state index in [4.69, 9.17) is 4.42 Å². The SMILES string of the molecule is CCC(=O)C[C@H](C)c1ccc(CC)o1. The molecule has 0 aromatic carbocycles. The Hall–Kier alpha value is -1.05. The van der Waals surface area contributed by atoms with Gasteiger partial charge in [-0.1, -0.05) is 20.8 Å². The fourth-order valence-corrected chi connectivity index (χ4v) is 1.44. The topological polar surface area (TPSA) is 30.2 Å². The number of carbonyl (C=O) groups excluding carboxylic acids is 1. The summed E-state index contributed by atoms with van der Waals surface area (Å²) in [5, 5.41) is 0. The van der Waals surface area contributed by atoms with Crippen molar-refractivity contribution in [2.24, 2.45) is 0 Å². The van der Waals surface area contributed by atoms with Crippen LogP contribution >= 0.6 is 0 Å². The number of rotatable bonds is 5. The summed E-state index contributed by atoms with van der Waals surface area (Å²) in [6, 6.07) is 3.97. The summed E-state index contributed by atoms with van der Waals surface area (Å²) in [6.45, 7) is 5.99. The molecule has 1 atom stereocenters. The molecule has 0 aliphatic heterocycles. The lowest BCUT2D eigenvalue weighted by Gasteiger charge is -2.05. The van der Waals surface area contributed by atoms with Crippen LogP contribution in [-0.4, -0.2) is 5.78 Å². The first-order chi connectivity index (χ1) is 6.67. The maximum absolute atomic E-state index is 11.2. The van der Waals surface area contributed by atoms with Gasteiger partial charge < -0.3 is 4.42 Å². The second-order valence-corrected chi connectivity index (χ2v) is 3.66. The fraction of sp³-hybridized carbons (Fsp3) is 0.583. The fourth-order valence-electron chi connectivity index (χ4n) is 1.44. The average Bonchev–Trinajstić information content (AvgIpc) is 2.65. The quantitative estimate of drug-likeness (QED) is 0.719. The lowest BCUT2D eigenvalue weighted by Crippen LogP contribution is -2.01. The van der Waals surface area contributed by atoms with Crippen molar-refractivity contribution in [1.29, 1.82) is 0 Å². The lowest BCUT2D eigenvalue weighted by molar-refractivity contribution is -0.119. The van der Waals surface area contributed by atoms with E-state index in [2.05, 4.69) is 6.92 Å². The standard InChI is InChI=1S/C12H18O2/c1-4-10(13)8-9(3)12-7-6-11(5-2)14-12/h6-7,9H,4-5,8H2,1-3H3/t9-/m0/s1. The Morgan fingerprint density at radius 2 is 2.14 bits per heavy atom. The number of ketones is 1. The Kier molecular flexibility index (Phi) is 3.93. The second-order valence-electron chi connectivity index (χ2n) is 3.66. The van der Waals surface area contributed by atoms with Gasteiger partial charge in [-0.15, -0.1) is 0 Å². The molecule has 0 saturated heterocycles. The summed E-state index contributed by atoms with van der Waals surface area (Å²) < 4.78 is 5.59. The molecule has 1 rings (SSSR count). The van der Waals surface area contributed by atoms with Crippen LogP contribution in [-0.2, 0) is 11.2 Å². The summed E-state index contributed by atoms with van der Waals surface area (Å²) in [6.07, 6.45) is 2.12. The van der Waals surface area contributed by atoms with Crippen molar-refractivity contribution in [2.75, 3.05) is 0 Å². The third kappa shape index (κ3) is 2.72. The molecule has 0 N–H and O–H groups in total. The zero-order chi connectivity index (χ0) is 10.6. The van der Waals surface area contributed by atoms with Crippen molar-refractivity contribution in [1.82, 2.24) is 0 Å². The Morgan fingerprint density at radius 1 is 1.43 bits per heavy atom. The Balaban J connectivity index is 2.60. The summed E-state index contributed by atoms with van der Waals surface area (Å²) in [7, 11) is 0. The van der Waals surface area contributed by atoms with E-state index in [0.29, 0.717) is 18.6 Å². The van der Waals surface area contributed by atoms with Crippen molar-refractivity contribution in [3.8, 4) is 0 Å². The van der Waals surface area contributed by atoms with Crippen LogP contribution < -0.4 is 0 Å². The van der Waals surface area contributed by atoms with Gasteiger partial charge in [0.15, 0.2) is 0 Å². The van der Waals surface area contributed by atoms with Crippen molar-refractivity contribution < 1.29 is 9.21 Å². The zero-order valence-corrected chi connectivity index (χ0v) is 9.17. The molecule has 14 heavy (non-hydrogen) atoms. The number of Topliss-reactive ketones (excluding diaryl/α,β-unsaturated/α-hetero) is 1. The molecule has 1 heterocycles. The number of aryl methyl sites for hydroxylation is 1. The van der Waals surface area contributed by atoms with Crippen LogP contribution in [0.3, 0.4) is 0 Å². The van der Waals surface area contributed by atoms with Gasteiger partial charge in [-0.05, 0) is 12.1 Å². The van der Waals surface area contributed by atoms with E-state index in [1.54, 1.807) is 0 Å². The highest BCUT2D eigenvalue weighted by molar-refractivity contribution is 5.78. The van der Waals surface area contributed by atoms with Crippen LogP contribution in [0.5, 0.6) is 0 Å².